The fourth-order valence-electron chi connectivity index (χ4n) is 4.20. The molecular formula is C18H25FN2O3S. The molecule has 1 saturated heterocycles. The Balaban J connectivity index is 1.72. The first-order valence-electron chi connectivity index (χ1n) is 8.82. The topological polar surface area (TPSA) is 66.5 Å². The van der Waals surface area contributed by atoms with Crippen molar-refractivity contribution in [3.63, 3.8) is 0 Å². The number of hydrogen-bond donors (Lipinski definition) is 1. The van der Waals surface area contributed by atoms with Gasteiger partial charge in [0, 0.05) is 18.5 Å². The van der Waals surface area contributed by atoms with Gasteiger partial charge in [0.05, 0.1) is 6.26 Å². The minimum absolute atomic E-state index is 0.183. The number of amides is 1. The molecule has 1 aliphatic carbocycles. The molecule has 1 N–H and O–H groups in total. The van der Waals surface area contributed by atoms with Crippen molar-refractivity contribution in [2.45, 2.75) is 50.0 Å². The minimum atomic E-state index is -3.38. The van der Waals surface area contributed by atoms with Crippen molar-refractivity contribution >= 4 is 15.9 Å². The van der Waals surface area contributed by atoms with E-state index in [9.17, 15) is 17.6 Å². The molecule has 7 heteroatoms. The molecule has 1 unspecified atom stereocenters. The van der Waals surface area contributed by atoms with Crippen molar-refractivity contribution in [3.8, 4) is 0 Å². The van der Waals surface area contributed by atoms with E-state index >= 15 is 0 Å². The number of benzene rings is 1. The standard InChI is InChI=1S/C18H25FN2O3S/c1-25(23,24)21-12-4-5-16(21)17(22)20-13-18(10-2-3-11-18)14-6-8-15(19)9-7-14/h6-9,16H,2-5,10-13H2,1H3,(H,20,22). The summed E-state index contributed by atoms with van der Waals surface area (Å²) in [6, 6.07) is 5.90. The molecule has 2 fully saturated rings. The van der Waals surface area contributed by atoms with Crippen LogP contribution >= 0.6 is 0 Å². The summed E-state index contributed by atoms with van der Waals surface area (Å²) in [5.41, 5.74) is 0.857. The number of rotatable bonds is 5. The van der Waals surface area contributed by atoms with Crippen molar-refractivity contribution in [2.75, 3.05) is 19.3 Å². The first-order chi connectivity index (χ1) is 11.8. The molecule has 0 bridgehead atoms. The zero-order valence-electron chi connectivity index (χ0n) is 14.5. The van der Waals surface area contributed by atoms with E-state index in [1.807, 2.05) is 0 Å². The van der Waals surface area contributed by atoms with Gasteiger partial charge in [-0.2, -0.15) is 4.31 Å². The number of carbonyl (C=O) groups is 1. The van der Waals surface area contributed by atoms with Gasteiger partial charge in [-0.1, -0.05) is 25.0 Å². The Labute approximate surface area is 148 Å². The lowest BCUT2D eigenvalue weighted by Gasteiger charge is -2.31. The van der Waals surface area contributed by atoms with E-state index in [1.165, 1.54) is 16.4 Å². The molecule has 1 amide bonds. The van der Waals surface area contributed by atoms with Crippen molar-refractivity contribution < 1.29 is 17.6 Å². The first-order valence-corrected chi connectivity index (χ1v) is 10.7. The van der Waals surface area contributed by atoms with Crippen molar-refractivity contribution in [1.29, 1.82) is 0 Å². The quantitative estimate of drug-likeness (QED) is 0.866. The average molecular weight is 368 g/mol. The molecule has 25 heavy (non-hydrogen) atoms. The van der Waals surface area contributed by atoms with E-state index in [-0.39, 0.29) is 17.1 Å². The van der Waals surface area contributed by atoms with Crippen molar-refractivity contribution in [1.82, 2.24) is 9.62 Å². The lowest BCUT2D eigenvalue weighted by atomic mass is 9.78. The molecule has 2 aliphatic rings. The molecule has 1 heterocycles. The Bertz CT molecular complexity index is 727. The molecule has 0 aromatic heterocycles. The zero-order valence-corrected chi connectivity index (χ0v) is 15.3. The molecule has 1 saturated carbocycles. The van der Waals surface area contributed by atoms with Crippen LogP contribution in [0.5, 0.6) is 0 Å². The molecule has 0 spiro atoms. The van der Waals surface area contributed by atoms with Gasteiger partial charge in [-0.3, -0.25) is 4.79 Å². The highest BCUT2D eigenvalue weighted by Gasteiger charge is 2.39. The summed E-state index contributed by atoms with van der Waals surface area (Å²) in [7, 11) is -3.38. The normalized spacial score (nSPS) is 23.7. The van der Waals surface area contributed by atoms with E-state index < -0.39 is 16.1 Å². The molecule has 5 nitrogen and oxygen atoms in total. The number of nitrogens with one attached hydrogen (secondary N) is 1. The van der Waals surface area contributed by atoms with Gasteiger partial charge in [0.25, 0.3) is 0 Å². The molecule has 3 rings (SSSR count). The third-order valence-corrected chi connectivity index (χ3v) is 6.84. The SMILES string of the molecule is CS(=O)(=O)N1CCCC1C(=O)NCC1(c2ccc(F)cc2)CCCC1. The molecule has 1 atom stereocenters. The Kier molecular flexibility index (Phi) is 5.16. The van der Waals surface area contributed by atoms with Crippen LogP contribution < -0.4 is 5.32 Å². The van der Waals surface area contributed by atoms with Gasteiger partial charge >= 0.3 is 0 Å². The van der Waals surface area contributed by atoms with Crippen molar-refractivity contribution in [2.24, 2.45) is 0 Å². The van der Waals surface area contributed by atoms with Crippen molar-refractivity contribution in [3.05, 3.63) is 35.6 Å². The predicted octanol–water partition coefficient (Wildman–Crippen LogP) is 2.18. The maximum atomic E-state index is 13.2. The van der Waals surface area contributed by atoms with Crippen LogP contribution in [0.3, 0.4) is 0 Å². The van der Waals surface area contributed by atoms with Gasteiger partial charge in [0.2, 0.25) is 15.9 Å². The molecule has 1 aromatic rings. The van der Waals surface area contributed by atoms with E-state index in [4.69, 9.17) is 0 Å². The van der Waals surface area contributed by atoms with E-state index in [2.05, 4.69) is 5.32 Å². The van der Waals surface area contributed by atoms with Crippen LogP contribution in [0.4, 0.5) is 4.39 Å². The number of halogens is 1. The van der Waals surface area contributed by atoms with Crippen LogP contribution in [-0.4, -0.2) is 44.0 Å². The predicted molar refractivity (Wildman–Crippen MR) is 94.1 cm³/mol. The van der Waals surface area contributed by atoms with E-state index in [1.54, 1.807) is 12.1 Å². The Morgan fingerprint density at radius 3 is 2.48 bits per heavy atom. The van der Waals surface area contributed by atoms with Gasteiger partial charge in [-0.25, -0.2) is 12.8 Å². The van der Waals surface area contributed by atoms with Gasteiger partial charge in [-0.05, 0) is 43.4 Å². The second kappa shape index (κ2) is 7.03. The number of sulfonamides is 1. The smallest absolute Gasteiger partial charge is 0.238 e. The van der Waals surface area contributed by atoms with Crippen LogP contribution in [-0.2, 0) is 20.2 Å². The zero-order chi connectivity index (χ0) is 18.1. The maximum Gasteiger partial charge on any atom is 0.238 e. The number of nitrogens with zero attached hydrogens (tertiary/aromatic N) is 1. The van der Waals surface area contributed by atoms with Crippen LogP contribution in [0.2, 0.25) is 0 Å². The Morgan fingerprint density at radius 2 is 1.88 bits per heavy atom. The molecule has 0 radical (unpaired) electrons. The second-order valence-corrected chi connectivity index (χ2v) is 9.18. The Hall–Kier alpha value is -1.47. The third kappa shape index (κ3) is 3.87. The summed E-state index contributed by atoms with van der Waals surface area (Å²) < 4.78 is 38.2. The van der Waals surface area contributed by atoms with Crippen LogP contribution in [0.25, 0.3) is 0 Å². The van der Waals surface area contributed by atoms with Crippen LogP contribution in [0.1, 0.15) is 44.1 Å². The highest BCUT2D eigenvalue weighted by atomic mass is 32.2. The van der Waals surface area contributed by atoms with E-state index in [0.717, 1.165) is 37.5 Å². The van der Waals surface area contributed by atoms with Gasteiger partial charge in [0.1, 0.15) is 11.9 Å². The fourth-order valence-corrected chi connectivity index (χ4v) is 5.32. The molecule has 1 aliphatic heterocycles. The summed E-state index contributed by atoms with van der Waals surface area (Å²) in [5.74, 6) is -0.494. The number of hydrogen-bond acceptors (Lipinski definition) is 3. The van der Waals surface area contributed by atoms with Crippen LogP contribution in [0, 0.1) is 5.82 Å². The lowest BCUT2D eigenvalue weighted by Crippen LogP contribution is -2.48. The fraction of sp³-hybridized carbons (Fsp3) is 0.611. The summed E-state index contributed by atoms with van der Waals surface area (Å²) in [5, 5.41) is 2.98. The van der Waals surface area contributed by atoms with Gasteiger partial charge in [-0.15, -0.1) is 0 Å². The highest BCUT2D eigenvalue weighted by Crippen LogP contribution is 2.40. The number of carbonyl (C=O) groups excluding carboxylic acids is 1. The third-order valence-electron chi connectivity index (χ3n) is 5.55. The summed E-state index contributed by atoms with van der Waals surface area (Å²) in [6.07, 6.45) is 6.45. The molecule has 1 aromatic carbocycles. The summed E-state index contributed by atoms with van der Waals surface area (Å²) in [4.78, 5) is 12.6. The Morgan fingerprint density at radius 1 is 1.24 bits per heavy atom. The minimum Gasteiger partial charge on any atom is -0.354 e. The van der Waals surface area contributed by atoms with E-state index in [0.29, 0.717) is 25.9 Å². The average Bonchev–Trinajstić information content (AvgIpc) is 3.23. The van der Waals surface area contributed by atoms with Crippen LogP contribution in [0.15, 0.2) is 24.3 Å². The molecule has 138 valence electrons. The monoisotopic (exact) mass is 368 g/mol. The first kappa shape index (κ1) is 18.3. The summed E-state index contributed by atoms with van der Waals surface area (Å²) in [6.45, 7) is 0.867. The van der Waals surface area contributed by atoms with Gasteiger partial charge in [0.15, 0.2) is 0 Å². The largest absolute Gasteiger partial charge is 0.354 e. The van der Waals surface area contributed by atoms with Gasteiger partial charge < -0.3 is 5.32 Å². The molecular weight excluding hydrogens is 343 g/mol. The highest BCUT2D eigenvalue weighted by molar-refractivity contribution is 7.88. The lowest BCUT2D eigenvalue weighted by molar-refractivity contribution is -0.124. The second-order valence-electron chi connectivity index (χ2n) is 7.24. The summed E-state index contributed by atoms with van der Waals surface area (Å²) >= 11 is 0. The maximum absolute atomic E-state index is 13.2.